The van der Waals surface area contributed by atoms with E-state index >= 15 is 0 Å². The predicted molar refractivity (Wildman–Crippen MR) is 88.4 cm³/mol. The van der Waals surface area contributed by atoms with Crippen LogP contribution in [0.4, 0.5) is 0 Å². The van der Waals surface area contributed by atoms with Crippen molar-refractivity contribution >= 4 is 21.9 Å². The van der Waals surface area contributed by atoms with Crippen LogP contribution >= 0.6 is 0 Å². The first-order chi connectivity index (χ1) is 11.4. The molecule has 3 heterocycles. The van der Waals surface area contributed by atoms with Crippen LogP contribution in [-0.4, -0.2) is 6.61 Å². The molecule has 5 rings (SSSR count). The zero-order valence-electron chi connectivity index (χ0n) is 12.6. The molecule has 0 N–H and O–H groups in total. The standard InChI is InChI=1S/C20H16O3/c1-3-8-16-14(6-1)12-18(22-16)20(10-5-11-21-20)19-13-15-7-2-4-9-17(15)23-19/h1-4,6-9,12-13H,5,10-11H2. The van der Waals surface area contributed by atoms with Crippen LogP contribution in [0, 0.1) is 0 Å². The molecule has 4 aromatic rings. The highest BCUT2D eigenvalue weighted by Gasteiger charge is 2.45. The van der Waals surface area contributed by atoms with Crippen LogP contribution in [-0.2, 0) is 10.3 Å². The molecule has 2 aromatic heterocycles. The molecule has 3 heteroatoms. The third kappa shape index (κ3) is 1.87. The third-order valence-electron chi connectivity index (χ3n) is 4.67. The number of hydrogen-bond donors (Lipinski definition) is 0. The second kappa shape index (κ2) is 4.74. The van der Waals surface area contributed by atoms with Gasteiger partial charge in [0.2, 0.25) is 0 Å². The number of para-hydroxylation sites is 2. The maximum absolute atomic E-state index is 6.18. The van der Waals surface area contributed by atoms with E-state index in [1.165, 1.54) is 0 Å². The number of fused-ring (bicyclic) bond motifs is 2. The molecule has 1 aliphatic heterocycles. The second-order valence-electron chi connectivity index (χ2n) is 6.08. The normalized spacial score (nSPS) is 17.2. The Hall–Kier alpha value is -2.52. The lowest BCUT2D eigenvalue weighted by atomic mass is 9.93. The van der Waals surface area contributed by atoms with Crippen molar-refractivity contribution in [1.82, 2.24) is 0 Å². The first-order valence-corrected chi connectivity index (χ1v) is 7.97. The molecule has 0 saturated carbocycles. The monoisotopic (exact) mass is 304 g/mol. The van der Waals surface area contributed by atoms with Crippen molar-refractivity contribution in [3.63, 3.8) is 0 Å². The highest BCUT2D eigenvalue weighted by molar-refractivity contribution is 5.80. The molecule has 3 nitrogen and oxygen atoms in total. The quantitative estimate of drug-likeness (QED) is 0.508. The van der Waals surface area contributed by atoms with Crippen molar-refractivity contribution < 1.29 is 13.6 Å². The number of rotatable bonds is 2. The van der Waals surface area contributed by atoms with Crippen LogP contribution in [0.3, 0.4) is 0 Å². The van der Waals surface area contributed by atoms with Gasteiger partial charge in [-0.2, -0.15) is 0 Å². The summed E-state index contributed by atoms with van der Waals surface area (Å²) in [4.78, 5) is 0. The molecule has 0 aliphatic carbocycles. The molecule has 0 bridgehead atoms. The fraction of sp³-hybridized carbons (Fsp3) is 0.200. The molecular formula is C20H16O3. The van der Waals surface area contributed by atoms with Gasteiger partial charge in [0.15, 0.2) is 5.60 Å². The van der Waals surface area contributed by atoms with Crippen molar-refractivity contribution in [1.29, 1.82) is 0 Å². The van der Waals surface area contributed by atoms with Crippen LogP contribution in [0.2, 0.25) is 0 Å². The number of benzene rings is 2. The zero-order valence-corrected chi connectivity index (χ0v) is 12.6. The minimum atomic E-state index is -0.613. The summed E-state index contributed by atoms with van der Waals surface area (Å²) in [5, 5.41) is 2.18. The number of ether oxygens (including phenoxy) is 1. The van der Waals surface area contributed by atoms with E-state index < -0.39 is 5.60 Å². The highest BCUT2D eigenvalue weighted by Crippen LogP contribution is 2.45. The van der Waals surface area contributed by atoms with Gasteiger partial charge in [0, 0.05) is 17.4 Å². The van der Waals surface area contributed by atoms with E-state index in [-0.39, 0.29) is 0 Å². The van der Waals surface area contributed by atoms with Gasteiger partial charge < -0.3 is 13.6 Å². The van der Waals surface area contributed by atoms with Gasteiger partial charge >= 0.3 is 0 Å². The smallest absolute Gasteiger partial charge is 0.183 e. The first kappa shape index (κ1) is 13.0. The zero-order chi connectivity index (χ0) is 15.3. The van der Waals surface area contributed by atoms with Gasteiger partial charge in [0.05, 0.1) is 0 Å². The van der Waals surface area contributed by atoms with Crippen molar-refractivity contribution in [2.45, 2.75) is 18.4 Å². The third-order valence-corrected chi connectivity index (χ3v) is 4.67. The Balaban J connectivity index is 1.73. The van der Waals surface area contributed by atoms with Crippen molar-refractivity contribution in [3.8, 4) is 0 Å². The molecule has 1 saturated heterocycles. The molecule has 0 amide bonds. The van der Waals surface area contributed by atoms with Crippen molar-refractivity contribution in [3.05, 3.63) is 72.2 Å². The van der Waals surface area contributed by atoms with Crippen LogP contribution in [0.5, 0.6) is 0 Å². The average molecular weight is 304 g/mol. The van der Waals surface area contributed by atoms with Gasteiger partial charge in [0.1, 0.15) is 22.7 Å². The Morgan fingerprint density at radius 2 is 1.30 bits per heavy atom. The maximum atomic E-state index is 6.18. The predicted octanol–water partition coefficient (Wildman–Crippen LogP) is 5.23. The minimum Gasteiger partial charge on any atom is -0.457 e. The summed E-state index contributed by atoms with van der Waals surface area (Å²) in [6.45, 7) is 0.716. The minimum absolute atomic E-state index is 0.613. The van der Waals surface area contributed by atoms with Crippen LogP contribution in [0.15, 0.2) is 69.5 Å². The first-order valence-electron chi connectivity index (χ1n) is 7.97. The van der Waals surface area contributed by atoms with Crippen LogP contribution in [0.25, 0.3) is 21.9 Å². The molecule has 0 unspecified atom stereocenters. The largest absolute Gasteiger partial charge is 0.457 e. The highest BCUT2D eigenvalue weighted by atomic mass is 16.5. The van der Waals surface area contributed by atoms with Crippen LogP contribution in [0.1, 0.15) is 24.4 Å². The lowest BCUT2D eigenvalue weighted by Gasteiger charge is -2.23. The Labute approximate surface area is 133 Å². The van der Waals surface area contributed by atoms with Gasteiger partial charge in [-0.25, -0.2) is 0 Å². The van der Waals surface area contributed by atoms with E-state index in [0.29, 0.717) is 6.61 Å². The molecule has 23 heavy (non-hydrogen) atoms. The summed E-state index contributed by atoms with van der Waals surface area (Å²) in [6, 6.07) is 20.3. The second-order valence-corrected chi connectivity index (χ2v) is 6.08. The summed E-state index contributed by atoms with van der Waals surface area (Å²) in [6.07, 6.45) is 1.86. The Bertz CT molecular complexity index is 844. The topological polar surface area (TPSA) is 35.5 Å². The molecule has 0 atom stereocenters. The van der Waals surface area contributed by atoms with Crippen molar-refractivity contribution in [2.24, 2.45) is 0 Å². The maximum Gasteiger partial charge on any atom is 0.183 e. The van der Waals surface area contributed by atoms with Gasteiger partial charge in [0.25, 0.3) is 0 Å². The summed E-state index contributed by atoms with van der Waals surface area (Å²) in [5.74, 6) is 1.66. The summed E-state index contributed by atoms with van der Waals surface area (Å²) >= 11 is 0. The molecule has 2 aromatic carbocycles. The Morgan fingerprint density at radius 1 is 0.739 bits per heavy atom. The van der Waals surface area contributed by atoms with Gasteiger partial charge in [-0.1, -0.05) is 36.4 Å². The van der Waals surface area contributed by atoms with E-state index in [1.54, 1.807) is 0 Å². The molecular weight excluding hydrogens is 288 g/mol. The fourth-order valence-corrected chi connectivity index (χ4v) is 3.51. The van der Waals surface area contributed by atoms with Crippen LogP contribution < -0.4 is 0 Å². The fourth-order valence-electron chi connectivity index (χ4n) is 3.51. The molecule has 114 valence electrons. The lowest BCUT2D eigenvalue weighted by molar-refractivity contribution is 0.00335. The summed E-state index contributed by atoms with van der Waals surface area (Å²) < 4.78 is 18.4. The summed E-state index contributed by atoms with van der Waals surface area (Å²) in [7, 11) is 0. The van der Waals surface area contributed by atoms with Gasteiger partial charge in [-0.3, -0.25) is 0 Å². The average Bonchev–Trinajstić information content (AvgIpc) is 3.31. The molecule has 1 fully saturated rings. The van der Waals surface area contributed by atoms with E-state index in [0.717, 1.165) is 46.3 Å². The lowest BCUT2D eigenvalue weighted by Crippen LogP contribution is -2.25. The molecule has 1 aliphatic rings. The van der Waals surface area contributed by atoms with E-state index in [1.807, 2.05) is 36.4 Å². The van der Waals surface area contributed by atoms with Gasteiger partial charge in [-0.15, -0.1) is 0 Å². The molecule has 0 radical (unpaired) electrons. The van der Waals surface area contributed by atoms with Crippen molar-refractivity contribution in [2.75, 3.05) is 6.61 Å². The number of hydrogen-bond acceptors (Lipinski definition) is 3. The van der Waals surface area contributed by atoms with Gasteiger partial charge in [-0.05, 0) is 37.1 Å². The molecule has 0 spiro atoms. The summed E-state index contributed by atoms with van der Waals surface area (Å²) in [5.41, 5.74) is 1.15. The Morgan fingerprint density at radius 3 is 1.78 bits per heavy atom. The van der Waals surface area contributed by atoms with E-state index in [4.69, 9.17) is 13.6 Å². The number of furan rings is 2. The SMILES string of the molecule is c1ccc2oc(C3(c4cc5ccccc5o4)CCCO3)cc2c1. The Kier molecular flexibility index (Phi) is 2.67. The van der Waals surface area contributed by atoms with E-state index in [9.17, 15) is 0 Å². The van der Waals surface area contributed by atoms with E-state index in [2.05, 4.69) is 24.3 Å².